The Balaban J connectivity index is 1.54. The van der Waals surface area contributed by atoms with Crippen molar-refractivity contribution in [2.24, 2.45) is 5.92 Å². The molecule has 2 heterocycles. The van der Waals surface area contributed by atoms with E-state index < -0.39 is 0 Å². The molecule has 28 heavy (non-hydrogen) atoms. The van der Waals surface area contributed by atoms with Gasteiger partial charge in [0.25, 0.3) is 5.91 Å². The molecule has 1 aromatic carbocycles. The van der Waals surface area contributed by atoms with Gasteiger partial charge in [0.1, 0.15) is 5.82 Å². The number of nitrogens with zero attached hydrogens (tertiary/aromatic N) is 3. The third kappa shape index (κ3) is 5.39. The zero-order valence-electron chi connectivity index (χ0n) is 16.7. The van der Waals surface area contributed by atoms with Gasteiger partial charge in [-0.25, -0.2) is 9.37 Å². The maximum atomic E-state index is 13.9. The fourth-order valence-electron chi connectivity index (χ4n) is 3.65. The molecular formula is C21H29FN4O2. The molecule has 2 aromatic rings. The predicted octanol–water partition coefficient (Wildman–Crippen LogP) is 2.86. The molecule has 0 saturated carbocycles. The van der Waals surface area contributed by atoms with Crippen molar-refractivity contribution >= 4 is 5.91 Å². The third-order valence-corrected chi connectivity index (χ3v) is 5.30. The number of carbonyl (C=O) groups is 1. The Kier molecular flexibility index (Phi) is 7.17. The molecule has 1 N–H and O–H groups in total. The summed E-state index contributed by atoms with van der Waals surface area (Å²) in [7, 11) is 1.64. The minimum Gasteiger partial charge on any atom is -0.383 e. The lowest BCUT2D eigenvalue weighted by Gasteiger charge is -2.34. The van der Waals surface area contributed by atoms with Gasteiger partial charge in [0.2, 0.25) is 0 Å². The summed E-state index contributed by atoms with van der Waals surface area (Å²) in [5.74, 6) is 0.577. The van der Waals surface area contributed by atoms with Crippen LogP contribution in [-0.4, -0.2) is 65.6 Å². The Labute approximate surface area is 165 Å². The smallest absolute Gasteiger partial charge is 0.289 e. The Morgan fingerprint density at radius 1 is 1.36 bits per heavy atom. The Hall–Kier alpha value is -2.25. The van der Waals surface area contributed by atoms with E-state index in [1.807, 2.05) is 24.0 Å². The van der Waals surface area contributed by atoms with Gasteiger partial charge in [0, 0.05) is 44.2 Å². The number of likely N-dealkylation sites (tertiary alicyclic amines) is 1. The highest BCUT2D eigenvalue weighted by molar-refractivity contribution is 5.90. The van der Waals surface area contributed by atoms with Crippen molar-refractivity contribution in [3.63, 3.8) is 0 Å². The van der Waals surface area contributed by atoms with Crippen molar-refractivity contribution < 1.29 is 13.9 Å². The second-order valence-electron chi connectivity index (χ2n) is 7.47. The lowest BCUT2D eigenvalue weighted by atomic mass is 9.95. The van der Waals surface area contributed by atoms with Gasteiger partial charge in [-0.15, -0.1) is 0 Å². The number of piperidine rings is 1. The molecule has 1 aliphatic heterocycles. The number of H-pyrrole nitrogens is 1. The van der Waals surface area contributed by atoms with Crippen LogP contribution < -0.4 is 0 Å². The van der Waals surface area contributed by atoms with Crippen LogP contribution in [0.25, 0.3) is 0 Å². The van der Waals surface area contributed by atoms with Crippen molar-refractivity contribution in [2.45, 2.75) is 26.3 Å². The quantitative estimate of drug-likeness (QED) is 0.755. The molecule has 0 atom stereocenters. The highest BCUT2D eigenvalue weighted by atomic mass is 19.1. The molecule has 0 radical (unpaired) electrons. The number of methoxy groups -OCH3 is 1. The first-order valence-corrected chi connectivity index (χ1v) is 9.82. The summed E-state index contributed by atoms with van der Waals surface area (Å²) in [6, 6.07) is 6.95. The van der Waals surface area contributed by atoms with E-state index in [1.54, 1.807) is 19.4 Å². The van der Waals surface area contributed by atoms with E-state index in [0.29, 0.717) is 38.0 Å². The van der Waals surface area contributed by atoms with Crippen LogP contribution in [0.4, 0.5) is 4.39 Å². The van der Waals surface area contributed by atoms with Gasteiger partial charge in [-0.05, 0) is 44.8 Å². The van der Waals surface area contributed by atoms with Crippen LogP contribution in [0.3, 0.4) is 0 Å². The van der Waals surface area contributed by atoms with Gasteiger partial charge in [-0.2, -0.15) is 0 Å². The van der Waals surface area contributed by atoms with Crippen molar-refractivity contribution in [2.75, 3.05) is 39.9 Å². The van der Waals surface area contributed by atoms with E-state index >= 15 is 0 Å². The number of hydrogen-bond donors (Lipinski definition) is 1. The molecule has 1 saturated heterocycles. The van der Waals surface area contributed by atoms with Crippen LogP contribution in [0, 0.1) is 18.7 Å². The summed E-state index contributed by atoms with van der Waals surface area (Å²) < 4.78 is 19.1. The van der Waals surface area contributed by atoms with Crippen LogP contribution in [0.2, 0.25) is 0 Å². The highest BCUT2D eigenvalue weighted by Crippen LogP contribution is 2.21. The predicted molar refractivity (Wildman–Crippen MR) is 106 cm³/mol. The molecule has 1 aromatic heterocycles. The third-order valence-electron chi connectivity index (χ3n) is 5.30. The topological polar surface area (TPSA) is 61.5 Å². The maximum absolute atomic E-state index is 13.9. The van der Waals surface area contributed by atoms with Gasteiger partial charge in [0.15, 0.2) is 5.82 Å². The molecule has 0 aliphatic carbocycles. The minimum absolute atomic E-state index is 0.0843. The number of ether oxygens (including phenoxy) is 1. The van der Waals surface area contributed by atoms with Crippen LogP contribution >= 0.6 is 0 Å². The number of rotatable bonds is 8. The Morgan fingerprint density at radius 2 is 2.11 bits per heavy atom. The van der Waals surface area contributed by atoms with Crippen LogP contribution in [0.5, 0.6) is 0 Å². The molecule has 152 valence electrons. The van der Waals surface area contributed by atoms with E-state index in [4.69, 9.17) is 4.74 Å². The standard InChI is InChI=1S/C21H29FN4O2/c1-16-13-23-20(24-16)21(27)26(11-12-28-2)14-17-7-9-25(10-8-17)15-18-5-3-4-6-19(18)22/h3-6,13,17H,7-12,14-15H2,1-2H3,(H,23,24). The van der Waals surface area contributed by atoms with E-state index in [2.05, 4.69) is 14.9 Å². The monoisotopic (exact) mass is 388 g/mol. The van der Waals surface area contributed by atoms with E-state index in [0.717, 1.165) is 37.2 Å². The molecule has 1 amide bonds. The minimum atomic E-state index is -0.144. The summed E-state index contributed by atoms with van der Waals surface area (Å²) in [4.78, 5) is 24.1. The van der Waals surface area contributed by atoms with E-state index in [1.165, 1.54) is 6.07 Å². The second-order valence-corrected chi connectivity index (χ2v) is 7.47. The Bertz CT molecular complexity index is 771. The van der Waals surface area contributed by atoms with Gasteiger partial charge in [0.05, 0.1) is 6.61 Å². The molecule has 0 unspecified atom stereocenters. The molecule has 1 aliphatic rings. The molecule has 3 rings (SSSR count). The number of hydrogen-bond acceptors (Lipinski definition) is 4. The lowest BCUT2D eigenvalue weighted by Crippen LogP contribution is -2.42. The molecule has 0 spiro atoms. The summed E-state index contributed by atoms with van der Waals surface area (Å²) in [5.41, 5.74) is 1.61. The summed E-state index contributed by atoms with van der Waals surface area (Å²) in [6.45, 7) is 6.07. The van der Waals surface area contributed by atoms with Crippen molar-refractivity contribution in [3.8, 4) is 0 Å². The molecule has 7 heteroatoms. The van der Waals surface area contributed by atoms with Gasteiger partial charge in [-0.3, -0.25) is 9.69 Å². The van der Waals surface area contributed by atoms with E-state index in [9.17, 15) is 9.18 Å². The zero-order chi connectivity index (χ0) is 19.9. The van der Waals surface area contributed by atoms with Gasteiger partial charge in [-0.1, -0.05) is 18.2 Å². The van der Waals surface area contributed by atoms with Crippen molar-refractivity contribution in [1.82, 2.24) is 19.8 Å². The first-order valence-electron chi connectivity index (χ1n) is 9.82. The highest BCUT2D eigenvalue weighted by Gasteiger charge is 2.25. The second kappa shape index (κ2) is 9.80. The number of imidazole rings is 1. The normalized spacial score (nSPS) is 15.7. The van der Waals surface area contributed by atoms with Crippen LogP contribution in [0.15, 0.2) is 30.5 Å². The van der Waals surface area contributed by atoms with Crippen molar-refractivity contribution in [3.05, 3.63) is 53.4 Å². The van der Waals surface area contributed by atoms with Crippen LogP contribution in [0.1, 0.15) is 34.7 Å². The SMILES string of the molecule is COCCN(CC1CCN(Cc2ccccc2F)CC1)C(=O)c1ncc(C)[nH]1. The van der Waals surface area contributed by atoms with Crippen molar-refractivity contribution in [1.29, 1.82) is 0 Å². The number of nitrogens with one attached hydrogen (secondary N) is 1. The molecule has 0 bridgehead atoms. The number of aromatic amines is 1. The maximum Gasteiger partial charge on any atom is 0.289 e. The summed E-state index contributed by atoms with van der Waals surface area (Å²) >= 11 is 0. The van der Waals surface area contributed by atoms with Gasteiger partial charge < -0.3 is 14.6 Å². The van der Waals surface area contributed by atoms with Crippen LogP contribution in [-0.2, 0) is 11.3 Å². The number of aryl methyl sites for hydroxylation is 1. The number of amides is 1. The largest absolute Gasteiger partial charge is 0.383 e. The number of benzene rings is 1. The number of halogens is 1. The summed E-state index contributed by atoms with van der Waals surface area (Å²) in [5, 5.41) is 0. The summed E-state index contributed by atoms with van der Waals surface area (Å²) in [6.07, 6.45) is 3.65. The number of aromatic nitrogens is 2. The lowest BCUT2D eigenvalue weighted by molar-refractivity contribution is 0.0606. The Morgan fingerprint density at radius 3 is 2.75 bits per heavy atom. The first-order chi connectivity index (χ1) is 13.6. The molecule has 1 fully saturated rings. The fourth-order valence-corrected chi connectivity index (χ4v) is 3.65. The average molecular weight is 388 g/mol. The molecule has 6 nitrogen and oxygen atoms in total. The number of carbonyl (C=O) groups excluding carboxylic acids is 1. The van der Waals surface area contributed by atoms with E-state index in [-0.39, 0.29) is 11.7 Å². The fraction of sp³-hybridized carbons (Fsp3) is 0.524. The average Bonchev–Trinajstić information content (AvgIpc) is 3.14. The molecular weight excluding hydrogens is 359 g/mol. The van der Waals surface area contributed by atoms with Gasteiger partial charge >= 0.3 is 0 Å². The zero-order valence-corrected chi connectivity index (χ0v) is 16.7. The first kappa shape index (κ1) is 20.5.